The molecule has 1 aliphatic heterocycles. The Morgan fingerprint density at radius 2 is 1.81 bits per heavy atom. The summed E-state index contributed by atoms with van der Waals surface area (Å²) in [5.74, 6) is 1.18. The van der Waals surface area contributed by atoms with Crippen LogP contribution in [0.2, 0.25) is 0 Å². The van der Waals surface area contributed by atoms with Gasteiger partial charge in [0.05, 0.1) is 0 Å². The number of anilines is 3. The van der Waals surface area contributed by atoms with Gasteiger partial charge in [-0.25, -0.2) is 9.97 Å². The van der Waals surface area contributed by atoms with E-state index in [0.29, 0.717) is 11.6 Å². The van der Waals surface area contributed by atoms with Gasteiger partial charge in [0.25, 0.3) is 5.91 Å². The van der Waals surface area contributed by atoms with Crippen LogP contribution in [0.5, 0.6) is 0 Å². The first-order chi connectivity index (χ1) is 13.1. The second-order valence-corrected chi connectivity index (χ2v) is 7.08. The fourth-order valence-electron chi connectivity index (χ4n) is 3.35. The molecule has 1 aliphatic rings. The molecular weight excluding hydrogens is 338 g/mol. The highest BCUT2D eigenvalue weighted by Gasteiger charge is 2.16. The molecule has 1 amide bonds. The van der Waals surface area contributed by atoms with Gasteiger partial charge in [-0.1, -0.05) is 6.92 Å². The van der Waals surface area contributed by atoms with E-state index in [1.165, 1.54) is 18.5 Å². The van der Waals surface area contributed by atoms with Gasteiger partial charge in [0.1, 0.15) is 5.69 Å². The predicted octanol–water partition coefficient (Wildman–Crippen LogP) is 3.81. The Morgan fingerprint density at radius 1 is 1.15 bits per heavy atom. The number of carbonyl (C=O) groups excluding carboxylic acids is 1. The Hall–Kier alpha value is -2.63. The summed E-state index contributed by atoms with van der Waals surface area (Å²) in [7, 11) is 0. The summed E-state index contributed by atoms with van der Waals surface area (Å²) in [5.41, 5.74) is 2.36. The third-order valence-corrected chi connectivity index (χ3v) is 5.20. The zero-order chi connectivity index (χ0) is 19.2. The molecular formula is C21H29N5O. The fraction of sp³-hybridized carbons (Fsp3) is 0.476. The Labute approximate surface area is 161 Å². The van der Waals surface area contributed by atoms with Crippen molar-refractivity contribution in [2.75, 3.05) is 41.3 Å². The van der Waals surface area contributed by atoms with E-state index >= 15 is 0 Å². The van der Waals surface area contributed by atoms with Crippen molar-refractivity contribution in [1.29, 1.82) is 0 Å². The first kappa shape index (κ1) is 19.1. The van der Waals surface area contributed by atoms with E-state index < -0.39 is 0 Å². The monoisotopic (exact) mass is 367 g/mol. The molecule has 1 aromatic carbocycles. The highest BCUT2D eigenvalue weighted by atomic mass is 16.1. The smallest absolute Gasteiger partial charge is 0.274 e. The van der Waals surface area contributed by atoms with Gasteiger partial charge in [0.15, 0.2) is 0 Å². The molecule has 27 heavy (non-hydrogen) atoms. The molecule has 0 atom stereocenters. The van der Waals surface area contributed by atoms with Crippen molar-refractivity contribution in [2.45, 2.75) is 33.6 Å². The molecule has 1 saturated heterocycles. The maximum Gasteiger partial charge on any atom is 0.274 e. The Balaban J connectivity index is 1.65. The molecule has 2 heterocycles. The van der Waals surface area contributed by atoms with Crippen LogP contribution in [0.25, 0.3) is 0 Å². The average molecular weight is 367 g/mol. The standard InChI is InChI=1S/C21H29N5O/c1-4-25(5-2)21-22-13-10-19(24-21)20(27)23-17-6-8-18(9-7-17)26-14-11-16(3)12-15-26/h6-10,13,16H,4-5,11-12,14-15H2,1-3H3,(H,23,27). The lowest BCUT2D eigenvalue weighted by atomic mass is 9.99. The van der Waals surface area contributed by atoms with Gasteiger partial charge >= 0.3 is 0 Å². The lowest BCUT2D eigenvalue weighted by Gasteiger charge is -2.32. The molecule has 1 N–H and O–H groups in total. The third-order valence-electron chi connectivity index (χ3n) is 5.20. The average Bonchev–Trinajstić information content (AvgIpc) is 2.70. The van der Waals surface area contributed by atoms with Crippen molar-refractivity contribution >= 4 is 23.2 Å². The minimum absolute atomic E-state index is 0.217. The van der Waals surface area contributed by atoms with Crippen molar-refractivity contribution in [3.8, 4) is 0 Å². The minimum Gasteiger partial charge on any atom is -0.372 e. The normalized spacial score (nSPS) is 14.9. The van der Waals surface area contributed by atoms with Crippen LogP contribution in [0.1, 0.15) is 44.1 Å². The summed E-state index contributed by atoms with van der Waals surface area (Å²) in [6.07, 6.45) is 4.11. The van der Waals surface area contributed by atoms with Crippen LogP contribution in [0.3, 0.4) is 0 Å². The number of hydrogen-bond donors (Lipinski definition) is 1. The van der Waals surface area contributed by atoms with Crippen LogP contribution >= 0.6 is 0 Å². The third kappa shape index (κ3) is 4.76. The highest BCUT2D eigenvalue weighted by molar-refractivity contribution is 6.03. The summed E-state index contributed by atoms with van der Waals surface area (Å²) in [5, 5.41) is 2.93. The molecule has 0 aliphatic carbocycles. The second kappa shape index (κ2) is 8.84. The predicted molar refractivity (Wildman–Crippen MR) is 111 cm³/mol. The topological polar surface area (TPSA) is 61.4 Å². The van der Waals surface area contributed by atoms with E-state index in [0.717, 1.165) is 37.8 Å². The van der Waals surface area contributed by atoms with Gasteiger partial charge < -0.3 is 15.1 Å². The molecule has 0 radical (unpaired) electrons. The van der Waals surface area contributed by atoms with E-state index in [1.54, 1.807) is 12.3 Å². The van der Waals surface area contributed by atoms with Crippen molar-refractivity contribution in [3.05, 3.63) is 42.2 Å². The maximum atomic E-state index is 12.6. The molecule has 0 spiro atoms. The first-order valence-corrected chi connectivity index (χ1v) is 9.85. The van der Waals surface area contributed by atoms with E-state index in [1.807, 2.05) is 30.9 Å². The van der Waals surface area contributed by atoms with E-state index in [2.05, 4.69) is 39.2 Å². The van der Waals surface area contributed by atoms with E-state index in [-0.39, 0.29) is 5.91 Å². The van der Waals surface area contributed by atoms with Crippen molar-refractivity contribution in [2.24, 2.45) is 5.92 Å². The largest absolute Gasteiger partial charge is 0.372 e. The molecule has 1 aromatic heterocycles. The highest BCUT2D eigenvalue weighted by Crippen LogP contribution is 2.24. The van der Waals surface area contributed by atoms with Crippen molar-refractivity contribution < 1.29 is 4.79 Å². The molecule has 2 aromatic rings. The lowest BCUT2D eigenvalue weighted by molar-refractivity contribution is 0.102. The maximum absolute atomic E-state index is 12.6. The van der Waals surface area contributed by atoms with Gasteiger partial charge in [-0.2, -0.15) is 0 Å². The molecule has 144 valence electrons. The molecule has 6 nitrogen and oxygen atoms in total. The van der Waals surface area contributed by atoms with Gasteiger partial charge in [-0.15, -0.1) is 0 Å². The number of hydrogen-bond acceptors (Lipinski definition) is 5. The summed E-state index contributed by atoms with van der Waals surface area (Å²) in [4.78, 5) is 25.7. The van der Waals surface area contributed by atoms with Crippen LogP contribution in [-0.2, 0) is 0 Å². The Kier molecular flexibility index (Phi) is 6.27. The molecule has 6 heteroatoms. The number of carbonyl (C=O) groups is 1. The number of nitrogens with one attached hydrogen (secondary N) is 1. The molecule has 1 fully saturated rings. The quantitative estimate of drug-likeness (QED) is 0.841. The zero-order valence-electron chi connectivity index (χ0n) is 16.5. The summed E-state index contributed by atoms with van der Waals surface area (Å²) < 4.78 is 0. The number of aromatic nitrogens is 2. The Morgan fingerprint density at radius 3 is 2.44 bits per heavy atom. The Bertz CT molecular complexity index is 749. The van der Waals surface area contributed by atoms with Crippen LogP contribution in [0, 0.1) is 5.92 Å². The summed E-state index contributed by atoms with van der Waals surface area (Å²) >= 11 is 0. The van der Waals surface area contributed by atoms with Gasteiger partial charge in [-0.3, -0.25) is 4.79 Å². The number of amides is 1. The molecule has 0 saturated carbocycles. The number of benzene rings is 1. The van der Waals surface area contributed by atoms with Crippen molar-refractivity contribution in [3.63, 3.8) is 0 Å². The lowest BCUT2D eigenvalue weighted by Crippen LogP contribution is -2.32. The molecule has 3 rings (SSSR count). The van der Waals surface area contributed by atoms with E-state index in [9.17, 15) is 4.79 Å². The fourth-order valence-corrected chi connectivity index (χ4v) is 3.35. The second-order valence-electron chi connectivity index (χ2n) is 7.08. The first-order valence-electron chi connectivity index (χ1n) is 9.85. The summed E-state index contributed by atoms with van der Waals surface area (Å²) in [6, 6.07) is 9.71. The number of nitrogens with zero attached hydrogens (tertiary/aromatic N) is 4. The number of piperidine rings is 1. The minimum atomic E-state index is -0.217. The zero-order valence-corrected chi connectivity index (χ0v) is 16.5. The SMILES string of the molecule is CCN(CC)c1nccc(C(=O)Nc2ccc(N3CCC(C)CC3)cc2)n1. The molecule has 0 bridgehead atoms. The number of rotatable bonds is 6. The molecule has 0 unspecified atom stereocenters. The summed E-state index contributed by atoms with van der Waals surface area (Å²) in [6.45, 7) is 10.2. The van der Waals surface area contributed by atoms with Crippen molar-refractivity contribution in [1.82, 2.24) is 9.97 Å². The van der Waals surface area contributed by atoms with E-state index in [4.69, 9.17) is 0 Å². The van der Waals surface area contributed by atoms with Crippen LogP contribution in [0.4, 0.5) is 17.3 Å². The van der Waals surface area contributed by atoms with Gasteiger partial charge in [-0.05, 0) is 62.9 Å². The van der Waals surface area contributed by atoms with Crippen LogP contribution < -0.4 is 15.1 Å². The van der Waals surface area contributed by atoms with Gasteiger partial charge in [0.2, 0.25) is 5.95 Å². The van der Waals surface area contributed by atoms with Crippen LogP contribution in [0.15, 0.2) is 36.5 Å². The van der Waals surface area contributed by atoms with Crippen LogP contribution in [-0.4, -0.2) is 42.1 Å². The van der Waals surface area contributed by atoms with Gasteiger partial charge in [0, 0.05) is 43.8 Å².